The lowest BCUT2D eigenvalue weighted by molar-refractivity contribution is -0.128. The van der Waals surface area contributed by atoms with Crippen LogP contribution in [0.5, 0.6) is 0 Å². The molecule has 1 aliphatic heterocycles. The van der Waals surface area contributed by atoms with Crippen molar-refractivity contribution in [2.45, 2.75) is 32.1 Å². The van der Waals surface area contributed by atoms with Gasteiger partial charge in [0.05, 0.1) is 6.04 Å². The molecule has 0 saturated carbocycles. The van der Waals surface area contributed by atoms with Gasteiger partial charge in [0.15, 0.2) is 0 Å². The van der Waals surface area contributed by atoms with Crippen molar-refractivity contribution in [2.75, 3.05) is 6.54 Å². The Balaban J connectivity index is 1.41. The number of nitrogens with zero attached hydrogens (tertiary/aromatic N) is 2. The van der Waals surface area contributed by atoms with E-state index in [2.05, 4.69) is 5.32 Å². The molecule has 3 aromatic carbocycles. The van der Waals surface area contributed by atoms with E-state index >= 15 is 0 Å². The van der Waals surface area contributed by atoms with E-state index in [0.717, 1.165) is 16.7 Å². The highest BCUT2D eigenvalue weighted by Crippen LogP contribution is 2.17. The van der Waals surface area contributed by atoms with E-state index in [1.165, 1.54) is 0 Å². The molecule has 1 fully saturated rings. The van der Waals surface area contributed by atoms with Gasteiger partial charge in [-0.05, 0) is 16.7 Å². The van der Waals surface area contributed by atoms with Crippen LogP contribution in [0.4, 0.5) is 4.79 Å². The van der Waals surface area contributed by atoms with Gasteiger partial charge in [0.2, 0.25) is 5.91 Å². The fraction of sp³-hybridized carbons (Fsp3) is 0.231. The van der Waals surface area contributed by atoms with Crippen LogP contribution in [0.3, 0.4) is 0 Å². The summed E-state index contributed by atoms with van der Waals surface area (Å²) in [6.45, 7) is 2.12. The molecule has 0 radical (unpaired) electrons. The molecule has 5 heteroatoms. The maximum Gasteiger partial charge on any atom is 0.318 e. The maximum absolute atomic E-state index is 13.2. The summed E-state index contributed by atoms with van der Waals surface area (Å²) in [4.78, 5) is 29.3. The number of carbonyl (C=O) groups is 2. The van der Waals surface area contributed by atoms with Gasteiger partial charge in [-0.1, -0.05) is 91.0 Å². The maximum atomic E-state index is 13.2. The van der Waals surface area contributed by atoms with Crippen LogP contribution >= 0.6 is 0 Å². The Kier molecular flexibility index (Phi) is 6.62. The largest absolute Gasteiger partial charge is 0.336 e. The van der Waals surface area contributed by atoms with Gasteiger partial charge in [-0.2, -0.15) is 0 Å². The van der Waals surface area contributed by atoms with Gasteiger partial charge in [-0.15, -0.1) is 0 Å². The van der Waals surface area contributed by atoms with E-state index in [-0.39, 0.29) is 18.0 Å². The molecule has 3 amide bonds. The number of benzene rings is 3. The van der Waals surface area contributed by atoms with Crippen LogP contribution in [0.1, 0.15) is 23.1 Å². The Labute approximate surface area is 183 Å². The number of carbonyl (C=O) groups excluding carboxylic acids is 2. The normalized spacial score (nSPS) is 15.7. The number of nitrogens with one attached hydrogen (secondary N) is 1. The second-order valence-corrected chi connectivity index (χ2v) is 7.94. The molecular formula is C26H27N3O2. The van der Waals surface area contributed by atoms with Crippen molar-refractivity contribution >= 4 is 11.9 Å². The molecule has 1 unspecified atom stereocenters. The summed E-state index contributed by atoms with van der Waals surface area (Å²) in [5, 5.41) is 3.09. The molecule has 5 nitrogen and oxygen atoms in total. The van der Waals surface area contributed by atoms with Gasteiger partial charge in [-0.25, -0.2) is 4.79 Å². The van der Waals surface area contributed by atoms with E-state index in [9.17, 15) is 9.59 Å². The highest BCUT2D eigenvalue weighted by molar-refractivity contribution is 5.81. The SMILES string of the molecule is O=C1CC(NC(=O)N(Cc2ccccc2)Cc2ccccc2)CN1Cc1ccccc1. The monoisotopic (exact) mass is 413 g/mol. The fourth-order valence-corrected chi connectivity index (χ4v) is 3.90. The van der Waals surface area contributed by atoms with Crippen molar-refractivity contribution in [1.82, 2.24) is 15.1 Å². The summed E-state index contributed by atoms with van der Waals surface area (Å²) in [5.74, 6) is 0.0758. The molecule has 0 aliphatic carbocycles. The van der Waals surface area contributed by atoms with Crippen LogP contribution < -0.4 is 5.32 Å². The Morgan fingerprint density at radius 3 is 1.81 bits per heavy atom. The number of amides is 3. The van der Waals surface area contributed by atoms with Gasteiger partial charge in [0.1, 0.15) is 0 Å². The quantitative estimate of drug-likeness (QED) is 0.631. The molecule has 0 bridgehead atoms. The minimum atomic E-state index is -0.183. The van der Waals surface area contributed by atoms with Crippen LogP contribution in [0.25, 0.3) is 0 Å². The number of rotatable bonds is 7. The molecule has 1 atom stereocenters. The average molecular weight is 414 g/mol. The number of hydrogen-bond acceptors (Lipinski definition) is 2. The highest BCUT2D eigenvalue weighted by atomic mass is 16.2. The van der Waals surface area contributed by atoms with Crippen molar-refractivity contribution in [2.24, 2.45) is 0 Å². The summed E-state index contributed by atoms with van der Waals surface area (Å²) in [5.41, 5.74) is 3.24. The lowest BCUT2D eigenvalue weighted by Crippen LogP contribution is -2.45. The molecule has 0 spiro atoms. The zero-order valence-electron chi connectivity index (χ0n) is 17.5. The van der Waals surface area contributed by atoms with Gasteiger partial charge in [0.25, 0.3) is 0 Å². The van der Waals surface area contributed by atoms with Crippen LogP contribution in [-0.2, 0) is 24.4 Å². The van der Waals surface area contributed by atoms with Crippen molar-refractivity contribution in [3.63, 3.8) is 0 Å². The van der Waals surface area contributed by atoms with Gasteiger partial charge in [0, 0.05) is 32.6 Å². The van der Waals surface area contributed by atoms with E-state index in [1.54, 1.807) is 4.90 Å². The first kappa shape index (κ1) is 20.7. The molecule has 1 N–H and O–H groups in total. The average Bonchev–Trinajstić information content (AvgIpc) is 3.14. The highest BCUT2D eigenvalue weighted by Gasteiger charge is 2.31. The van der Waals surface area contributed by atoms with Gasteiger partial charge >= 0.3 is 6.03 Å². The summed E-state index contributed by atoms with van der Waals surface area (Å²) in [6, 6.07) is 29.5. The minimum absolute atomic E-state index is 0.0758. The van der Waals surface area contributed by atoms with Crippen molar-refractivity contribution in [3.8, 4) is 0 Å². The predicted molar refractivity (Wildman–Crippen MR) is 121 cm³/mol. The van der Waals surface area contributed by atoms with E-state index < -0.39 is 0 Å². The van der Waals surface area contributed by atoms with Gasteiger partial charge < -0.3 is 15.1 Å². The summed E-state index contributed by atoms with van der Waals surface area (Å²) in [6.07, 6.45) is 0.336. The third-order valence-electron chi connectivity index (χ3n) is 5.48. The molecule has 31 heavy (non-hydrogen) atoms. The van der Waals surface area contributed by atoms with E-state index in [4.69, 9.17) is 0 Å². The molecule has 1 aliphatic rings. The Morgan fingerprint density at radius 1 is 0.806 bits per heavy atom. The van der Waals surface area contributed by atoms with Crippen LogP contribution in [0.15, 0.2) is 91.0 Å². The van der Waals surface area contributed by atoms with Gasteiger partial charge in [-0.3, -0.25) is 4.79 Å². The zero-order valence-corrected chi connectivity index (χ0v) is 17.5. The lowest BCUT2D eigenvalue weighted by atomic mass is 10.1. The lowest BCUT2D eigenvalue weighted by Gasteiger charge is -2.25. The number of hydrogen-bond donors (Lipinski definition) is 1. The number of likely N-dealkylation sites (tertiary alicyclic amines) is 1. The molecule has 0 aromatic heterocycles. The zero-order chi connectivity index (χ0) is 21.5. The summed E-state index contributed by atoms with van der Waals surface area (Å²) in [7, 11) is 0. The predicted octanol–water partition coefficient (Wildman–Crippen LogP) is 4.20. The van der Waals surface area contributed by atoms with Crippen LogP contribution in [0, 0.1) is 0 Å². The fourth-order valence-electron chi connectivity index (χ4n) is 3.90. The Bertz CT molecular complexity index is 951. The number of urea groups is 1. The Morgan fingerprint density at radius 2 is 1.29 bits per heavy atom. The summed E-state index contributed by atoms with van der Waals surface area (Å²) >= 11 is 0. The summed E-state index contributed by atoms with van der Waals surface area (Å²) < 4.78 is 0. The van der Waals surface area contributed by atoms with Crippen LogP contribution in [0.2, 0.25) is 0 Å². The first-order valence-electron chi connectivity index (χ1n) is 10.6. The molecule has 1 saturated heterocycles. The first-order valence-corrected chi connectivity index (χ1v) is 10.6. The molecule has 158 valence electrons. The third kappa shape index (κ3) is 5.72. The molecule has 1 heterocycles. The minimum Gasteiger partial charge on any atom is -0.336 e. The standard InChI is InChI=1S/C26H27N3O2/c30-25-16-24(20-28(25)17-21-10-4-1-5-11-21)27-26(31)29(18-22-12-6-2-7-13-22)19-23-14-8-3-9-15-23/h1-15,24H,16-20H2,(H,27,31). The Hall–Kier alpha value is -3.60. The van der Waals surface area contributed by atoms with Crippen molar-refractivity contribution in [1.29, 1.82) is 0 Å². The topological polar surface area (TPSA) is 52.7 Å². The van der Waals surface area contributed by atoms with Crippen LogP contribution in [-0.4, -0.2) is 34.3 Å². The smallest absolute Gasteiger partial charge is 0.318 e. The second kappa shape index (κ2) is 9.94. The second-order valence-electron chi connectivity index (χ2n) is 7.94. The van der Waals surface area contributed by atoms with E-state index in [1.807, 2.05) is 95.9 Å². The molecule has 4 rings (SSSR count). The van der Waals surface area contributed by atoms with Crippen molar-refractivity contribution in [3.05, 3.63) is 108 Å². The van der Waals surface area contributed by atoms with E-state index in [0.29, 0.717) is 32.6 Å². The van der Waals surface area contributed by atoms with Crippen molar-refractivity contribution < 1.29 is 9.59 Å². The first-order chi connectivity index (χ1) is 15.2. The molecular weight excluding hydrogens is 386 g/mol. The third-order valence-corrected chi connectivity index (χ3v) is 5.48. The molecule has 3 aromatic rings.